The van der Waals surface area contributed by atoms with Gasteiger partial charge in [0.15, 0.2) is 0 Å². The highest BCUT2D eigenvalue weighted by Crippen LogP contribution is 1.97. The summed E-state index contributed by atoms with van der Waals surface area (Å²) in [6.07, 6.45) is 1.40. The van der Waals surface area contributed by atoms with E-state index in [1.165, 1.54) is 0 Å². The van der Waals surface area contributed by atoms with Crippen molar-refractivity contribution >= 4 is 0 Å². The van der Waals surface area contributed by atoms with Crippen molar-refractivity contribution in [1.29, 1.82) is 0 Å². The maximum Gasteiger partial charge on any atom is 0.119 e. The van der Waals surface area contributed by atoms with Crippen LogP contribution < -0.4 is 0 Å². The Hall–Kier alpha value is -1.17. The molecule has 0 aromatic carbocycles. The summed E-state index contributed by atoms with van der Waals surface area (Å²) >= 11 is 0. The first kappa shape index (κ1) is 10.8. The van der Waals surface area contributed by atoms with Crippen molar-refractivity contribution < 1.29 is 5.11 Å². The number of unbranched alkanes of at least 4 members (excludes halogenated alkanes) is 1. The summed E-state index contributed by atoms with van der Waals surface area (Å²) < 4.78 is 0. The number of hydrogen-bond acceptors (Lipinski definition) is 2. The molecule has 0 spiro atoms. The Bertz CT molecular complexity index is 225. The van der Waals surface area contributed by atoms with Crippen molar-refractivity contribution in [3.05, 3.63) is 10.4 Å². The Kier molecular flexibility index (Phi) is 4.94. The molecule has 12 heavy (non-hydrogen) atoms. The maximum absolute atomic E-state index is 9.16. The van der Waals surface area contributed by atoms with Crippen molar-refractivity contribution in [2.45, 2.75) is 32.3 Å². The van der Waals surface area contributed by atoms with Crippen LogP contribution in [0, 0.1) is 11.8 Å². The monoisotopic (exact) mass is 167 g/mol. The van der Waals surface area contributed by atoms with Crippen LogP contribution in [0.1, 0.15) is 26.7 Å². The van der Waals surface area contributed by atoms with Gasteiger partial charge in [-0.1, -0.05) is 11.0 Å². The second-order valence-corrected chi connectivity index (χ2v) is 2.92. The summed E-state index contributed by atoms with van der Waals surface area (Å²) in [6.45, 7) is 3.73. The van der Waals surface area contributed by atoms with Crippen molar-refractivity contribution in [1.82, 2.24) is 0 Å². The van der Waals surface area contributed by atoms with Gasteiger partial charge in [0.2, 0.25) is 0 Å². The average Bonchev–Trinajstić information content (AvgIpc) is 1.94. The predicted octanol–water partition coefficient (Wildman–Crippen LogP) is 1.85. The van der Waals surface area contributed by atoms with Gasteiger partial charge in [-0.25, -0.2) is 0 Å². The van der Waals surface area contributed by atoms with Gasteiger partial charge in [-0.3, -0.25) is 0 Å². The molecule has 1 N–H and O–H groups in total. The zero-order valence-electron chi connectivity index (χ0n) is 7.41. The van der Waals surface area contributed by atoms with Crippen LogP contribution in [0.3, 0.4) is 0 Å². The highest BCUT2D eigenvalue weighted by Gasteiger charge is 2.04. The molecule has 0 aliphatic carbocycles. The number of hydrogen-bond donors (Lipinski definition) is 1. The summed E-state index contributed by atoms with van der Waals surface area (Å²) in [7, 11) is 0. The molecule has 0 aromatic rings. The Morgan fingerprint density at radius 3 is 2.75 bits per heavy atom. The molecule has 0 aliphatic heterocycles. The third-order valence-electron chi connectivity index (χ3n) is 1.02. The SMILES string of the molecule is CC(C)(O)C#CCCCN=[N+]=[N-]. The number of aliphatic hydroxyl groups is 1. The quantitative estimate of drug-likeness (QED) is 0.225. The Labute approximate surface area is 72.2 Å². The van der Waals surface area contributed by atoms with E-state index < -0.39 is 5.60 Å². The van der Waals surface area contributed by atoms with Crippen LogP contribution in [0.4, 0.5) is 0 Å². The molecule has 0 fully saturated rings. The van der Waals surface area contributed by atoms with Crippen LogP contribution in [0.5, 0.6) is 0 Å². The molecule has 4 nitrogen and oxygen atoms in total. The molecule has 0 aromatic heterocycles. The van der Waals surface area contributed by atoms with Gasteiger partial charge in [-0.05, 0) is 25.8 Å². The molecule has 0 aliphatic rings. The fourth-order valence-corrected chi connectivity index (χ4v) is 0.562. The number of rotatable bonds is 3. The van der Waals surface area contributed by atoms with E-state index in [-0.39, 0.29) is 0 Å². The highest BCUT2D eigenvalue weighted by atomic mass is 16.3. The van der Waals surface area contributed by atoms with Crippen LogP contribution in [0.15, 0.2) is 5.11 Å². The van der Waals surface area contributed by atoms with Crippen LogP contribution in [-0.2, 0) is 0 Å². The lowest BCUT2D eigenvalue weighted by molar-refractivity contribution is 0.143. The lowest BCUT2D eigenvalue weighted by atomic mass is 10.1. The molecular weight excluding hydrogens is 154 g/mol. The summed E-state index contributed by atoms with van der Waals surface area (Å²) in [5.41, 5.74) is 7.02. The molecule has 0 saturated carbocycles. The highest BCUT2D eigenvalue weighted by molar-refractivity contribution is 5.09. The molecule has 0 bridgehead atoms. The van der Waals surface area contributed by atoms with E-state index in [4.69, 9.17) is 10.6 Å². The molecule has 0 rings (SSSR count). The molecule has 0 heterocycles. The first-order valence-electron chi connectivity index (χ1n) is 3.79. The fourth-order valence-electron chi connectivity index (χ4n) is 0.562. The van der Waals surface area contributed by atoms with Gasteiger partial charge < -0.3 is 5.11 Å². The molecule has 0 amide bonds. The normalized spacial score (nSPS) is 9.58. The van der Waals surface area contributed by atoms with Crippen LogP contribution >= 0.6 is 0 Å². The predicted molar refractivity (Wildman–Crippen MR) is 47.3 cm³/mol. The van der Waals surface area contributed by atoms with Gasteiger partial charge >= 0.3 is 0 Å². The van der Waals surface area contributed by atoms with Crippen molar-refractivity contribution in [2.75, 3.05) is 6.54 Å². The Morgan fingerprint density at radius 2 is 2.25 bits per heavy atom. The van der Waals surface area contributed by atoms with Gasteiger partial charge in [0, 0.05) is 17.9 Å². The second kappa shape index (κ2) is 5.48. The molecule has 0 radical (unpaired) electrons. The average molecular weight is 167 g/mol. The maximum atomic E-state index is 9.16. The third kappa shape index (κ3) is 8.83. The number of nitrogens with zero attached hydrogens (tertiary/aromatic N) is 3. The van der Waals surface area contributed by atoms with Crippen LogP contribution in [0.25, 0.3) is 10.4 Å². The molecule has 0 unspecified atom stereocenters. The molecule has 0 saturated heterocycles. The van der Waals surface area contributed by atoms with Gasteiger partial charge in [-0.2, -0.15) is 0 Å². The van der Waals surface area contributed by atoms with Gasteiger partial charge in [0.05, 0.1) is 0 Å². The van der Waals surface area contributed by atoms with E-state index in [0.29, 0.717) is 13.0 Å². The van der Waals surface area contributed by atoms with Gasteiger partial charge in [0.25, 0.3) is 0 Å². The van der Waals surface area contributed by atoms with Crippen molar-refractivity contribution in [2.24, 2.45) is 5.11 Å². The minimum Gasteiger partial charge on any atom is -0.378 e. The van der Waals surface area contributed by atoms with Crippen LogP contribution in [-0.4, -0.2) is 17.3 Å². The summed E-state index contributed by atoms with van der Waals surface area (Å²) in [6, 6.07) is 0. The van der Waals surface area contributed by atoms with Gasteiger partial charge in [0.1, 0.15) is 5.60 Å². The van der Waals surface area contributed by atoms with Gasteiger partial charge in [-0.15, -0.1) is 5.92 Å². The summed E-state index contributed by atoms with van der Waals surface area (Å²) in [5.74, 6) is 5.47. The number of azide groups is 1. The van der Waals surface area contributed by atoms with E-state index in [1.807, 2.05) is 0 Å². The zero-order chi connectivity index (χ0) is 9.45. The van der Waals surface area contributed by atoms with E-state index in [1.54, 1.807) is 13.8 Å². The lowest BCUT2D eigenvalue weighted by Gasteiger charge is -2.05. The Morgan fingerprint density at radius 1 is 1.58 bits per heavy atom. The van der Waals surface area contributed by atoms with E-state index in [0.717, 1.165) is 6.42 Å². The largest absolute Gasteiger partial charge is 0.378 e. The topological polar surface area (TPSA) is 69.0 Å². The third-order valence-corrected chi connectivity index (χ3v) is 1.02. The minimum absolute atomic E-state index is 0.469. The molecular formula is C8H13N3O. The standard InChI is InChI=1S/C8H13N3O/c1-8(2,12)6-4-3-5-7-10-11-9/h12H,3,5,7H2,1-2H3. The Balaban J connectivity index is 3.53. The molecule has 66 valence electrons. The minimum atomic E-state index is -0.918. The molecule has 0 atom stereocenters. The smallest absolute Gasteiger partial charge is 0.119 e. The van der Waals surface area contributed by atoms with Crippen molar-refractivity contribution in [3.63, 3.8) is 0 Å². The first-order valence-corrected chi connectivity index (χ1v) is 3.79. The van der Waals surface area contributed by atoms with E-state index >= 15 is 0 Å². The lowest BCUT2D eigenvalue weighted by Crippen LogP contribution is -2.14. The van der Waals surface area contributed by atoms with Crippen LogP contribution in [0.2, 0.25) is 0 Å². The zero-order valence-corrected chi connectivity index (χ0v) is 7.41. The van der Waals surface area contributed by atoms with Crippen molar-refractivity contribution in [3.8, 4) is 11.8 Å². The summed E-state index contributed by atoms with van der Waals surface area (Å²) in [4.78, 5) is 2.61. The fraction of sp³-hybridized carbons (Fsp3) is 0.750. The first-order chi connectivity index (χ1) is 5.56. The summed E-state index contributed by atoms with van der Waals surface area (Å²) in [5, 5.41) is 12.5. The molecule has 4 heteroatoms. The van der Waals surface area contributed by atoms with E-state index in [9.17, 15) is 0 Å². The second-order valence-electron chi connectivity index (χ2n) is 2.92. The van der Waals surface area contributed by atoms with E-state index in [2.05, 4.69) is 21.9 Å².